The largest absolute Gasteiger partial charge is 0.437 e. The summed E-state index contributed by atoms with van der Waals surface area (Å²) in [6, 6.07) is 0. The van der Waals surface area contributed by atoms with Gasteiger partial charge in [-0.2, -0.15) is 18.7 Å². The number of rotatable bonds is 0. The molecule has 8 heteroatoms. The lowest BCUT2D eigenvalue weighted by Crippen LogP contribution is -2.37. The summed E-state index contributed by atoms with van der Waals surface area (Å²) in [5.74, 6) is 0. The fraction of sp³-hybridized carbons (Fsp3) is 0.333. The molecule has 2 N–H and O–H groups in total. The molecule has 11 heavy (non-hydrogen) atoms. The van der Waals surface area contributed by atoms with E-state index in [2.05, 4.69) is 10.3 Å². The van der Waals surface area contributed by atoms with Crippen LogP contribution < -0.4 is 5.53 Å². The number of hydroxylamine groups is 1. The van der Waals surface area contributed by atoms with Gasteiger partial charge in [-0.05, 0) is 0 Å². The normalized spacial score (nSPS) is 17.8. The summed E-state index contributed by atoms with van der Waals surface area (Å²) in [6.45, 7) is 0. The number of alkyl halides is 3. The number of halogens is 3. The fourth-order valence-corrected chi connectivity index (χ4v) is 0.454. The van der Waals surface area contributed by atoms with Crippen molar-refractivity contribution >= 4 is 0 Å². The van der Waals surface area contributed by atoms with Gasteiger partial charge in [-0.1, -0.05) is 5.22 Å². The number of nitrogens with one attached hydrogen (secondary N) is 1. The molecule has 0 aromatic heterocycles. The van der Waals surface area contributed by atoms with Crippen molar-refractivity contribution in [2.24, 2.45) is 10.3 Å². The highest BCUT2D eigenvalue weighted by molar-refractivity contribution is 5.04. The van der Waals surface area contributed by atoms with E-state index in [1.807, 2.05) is 0 Å². The Labute approximate surface area is 58.7 Å². The van der Waals surface area contributed by atoms with E-state index in [1.165, 1.54) is 0 Å². The summed E-state index contributed by atoms with van der Waals surface area (Å²) >= 11 is 0. The lowest BCUT2D eigenvalue weighted by molar-refractivity contribution is -0.190. The van der Waals surface area contributed by atoms with Crippen LogP contribution in [0.2, 0.25) is 0 Å². The molecule has 0 amide bonds. The molecule has 1 aliphatic rings. The number of allylic oxidation sites excluding steroid dienone is 1. The highest BCUT2D eigenvalue weighted by atomic mass is 19.4. The lowest BCUT2D eigenvalue weighted by atomic mass is 10.5. The molecule has 1 aliphatic heterocycles. The molecule has 0 aliphatic carbocycles. The van der Waals surface area contributed by atoms with Gasteiger partial charge in [0.05, 0.1) is 6.20 Å². The third-order valence-electron chi connectivity index (χ3n) is 0.896. The zero-order valence-electron chi connectivity index (χ0n) is 5.00. The summed E-state index contributed by atoms with van der Waals surface area (Å²) in [7, 11) is 0. The lowest BCUT2D eigenvalue weighted by Gasteiger charge is -2.20. The van der Waals surface area contributed by atoms with Crippen LogP contribution in [0.5, 0.6) is 0 Å². The van der Waals surface area contributed by atoms with E-state index in [0.29, 0.717) is 6.20 Å². The highest BCUT2D eigenvalue weighted by Gasteiger charge is 2.39. The Morgan fingerprint density at radius 1 is 1.55 bits per heavy atom. The van der Waals surface area contributed by atoms with Gasteiger partial charge in [0.15, 0.2) is 5.70 Å². The van der Waals surface area contributed by atoms with Crippen molar-refractivity contribution in [3.8, 4) is 0 Å². The summed E-state index contributed by atoms with van der Waals surface area (Å²) in [5.41, 5.74) is 0.285. The number of hydrogen-bond acceptors (Lipinski definition) is 5. The van der Waals surface area contributed by atoms with Crippen LogP contribution in [0.4, 0.5) is 13.2 Å². The van der Waals surface area contributed by atoms with Gasteiger partial charge in [0, 0.05) is 0 Å². The van der Waals surface area contributed by atoms with Crippen LogP contribution in [-0.2, 0) is 0 Å². The number of nitrogens with zero attached hydrogens (tertiary/aromatic N) is 3. The molecule has 0 fully saturated rings. The third-order valence-corrected chi connectivity index (χ3v) is 0.896. The first-order valence-electron chi connectivity index (χ1n) is 2.43. The quantitative estimate of drug-likeness (QED) is 0.566. The minimum absolute atomic E-state index is 0.257. The van der Waals surface area contributed by atoms with Gasteiger partial charge in [0.25, 0.3) is 0 Å². The maximum atomic E-state index is 11.8. The Hall–Kier alpha value is -1.31. The summed E-state index contributed by atoms with van der Waals surface area (Å²) in [6.07, 6.45) is -4.24. The van der Waals surface area contributed by atoms with Crippen molar-refractivity contribution in [2.75, 3.05) is 0 Å². The summed E-state index contributed by atoms with van der Waals surface area (Å²) in [4.78, 5) is 0. The third kappa shape index (κ3) is 1.58. The van der Waals surface area contributed by atoms with Gasteiger partial charge >= 0.3 is 6.18 Å². The monoisotopic (exact) mass is 168 g/mol. The Kier molecular flexibility index (Phi) is 1.69. The smallest absolute Gasteiger partial charge is 0.267 e. The van der Waals surface area contributed by atoms with E-state index >= 15 is 0 Å². The summed E-state index contributed by atoms with van der Waals surface area (Å²) < 4.78 is 35.3. The van der Waals surface area contributed by atoms with Crippen LogP contribution in [0.1, 0.15) is 0 Å². The summed E-state index contributed by atoms with van der Waals surface area (Å²) in [5, 5.41) is 14.0. The molecule has 0 saturated carbocycles. The van der Waals surface area contributed by atoms with E-state index in [0.717, 1.165) is 0 Å². The highest BCUT2D eigenvalue weighted by Crippen LogP contribution is 2.27. The molecule has 0 bridgehead atoms. The zero-order valence-corrected chi connectivity index (χ0v) is 5.00. The van der Waals surface area contributed by atoms with Gasteiger partial charge in [0.2, 0.25) is 0 Å². The Morgan fingerprint density at radius 3 is 2.55 bits per heavy atom. The van der Waals surface area contributed by atoms with E-state index in [4.69, 9.17) is 5.21 Å². The van der Waals surface area contributed by atoms with Crippen LogP contribution >= 0.6 is 0 Å². The molecule has 62 valence electrons. The number of hydrazine groups is 1. The van der Waals surface area contributed by atoms with Gasteiger partial charge in [-0.3, -0.25) is 5.21 Å². The van der Waals surface area contributed by atoms with Crippen molar-refractivity contribution in [3.63, 3.8) is 0 Å². The topological polar surface area (TPSA) is 60.2 Å². The van der Waals surface area contributed by atoms with E-state index in [-0.39, 0.29) is 5.17 Å². The predicted octanol–water partition coefficient (Wildman–Crippen LogP) is 0.967. The average Bonchev–Trinajstić information content (AvgIpc) is 1.86. The molecule has 0 atom stereocenters. The van der Waals surface area contributed by atoms with E-state index in [9.17, 15) is 13.2 Å². The molecule has 0 unspecified atom stereocenters. The molecular weight excluding hydrogens is 165 g/mol. The maximum absolute atomic E-state index is 11.8. The van der Waals surface area contributed by atoms with Crippen molar-refractivity contribution < 1.29 is 18.4 Å². The molecule has 0 saturated heterocycles. The first-order valence-corrected chi connectivity index (χ1v) is 2.43. The van der Waals surface area contributed by atoms with E-state index < -0.39 is 11.9 Å². The van der Waals surface area contributed by atoms with Crippen LogP contribution in [-0.4, -0.2) is 16.6 Å². The second kappa shape index (κ2) is 2.38. The van der Waals surface area contributed by atoms with Crippen molar-refractivity contribution in [1.82, 2.24) is 10.7 Å². The molecule has 0 radical (unpaired) electrons. The zero-order chi connectivity index (χ0) is 8.48. The van der Waals surface area contributed by atoms with Gasteiger partial charge in [-0.25, -0.2) is 0 Å². The standard InChI is InChI=1S/C3H3F3N4O/c4-3(5,6)2-1-7-8-9-10(2)11/h1,11H,(H,7,9). The second-order valence-corrected chi connectivity index (χ2v) is 1.64. The van der Waals surface area contributed by atoms with E-state index in [1.54, 1.807) is 5.53 Å². The molecule has 5 nitrogen and oxygen atoms in total. The minimum Gasteiger partial charge on any atom is -0.267 e. The Balaban J connectivity index is 2.84. The van der Waals surface area contributed by atoms with Crippen molar-refractivity contribution in [1.29, 1.82) is 0 Å². The van der Waals surface area contributed by atoms with Crippen LogP contribution in [0.3, 0.4) is 0 Å². The van der Waals surface area contributed by atoms with Gasteiger partial charge in [-0.15, -0.1) is 10.3 Å². The molecule has 1 heterocycles. The average molecular weight is 168 g/mol. The molecule has 1 rings (SSSR count). The fourth-order valence-electron chi connectivity index (χ4n) is 0.454. The van der Waals surface area contributed by atoms with Crippen LogP contribution in [0.15, 0.2) is 22.2 Å². The van der Waals surface area contributed by atoms with Crippen molar-refractivity contribution in [3.05, 3.63) is 11.9 Å². The van der Waals surface area contributed by atoms with Gasteiger partial charge < -0.3 is 0 Å². The second-order valence-electron chi connectivity index (χ2n) is 1.64. The molecule has 0 aromatic carbocycles. The first kappa shape index (κ1) is 7.79. The minimum atomic E-state index is -4.64. The molecular formula is C3H3F3N4O. The Bertz CT molecular complexity index is 209. The first-order chi connectivity index (χ1) is 5.02. The van der Waals surface area contributed by atoms with Crippen LogP contribution in [0, 0.1) is 0 Å². The SMILES string of the molecule is ON1NN=NC=C1C(F)(F)F. The predicted molar refractivity (Wildman–Crippen MR) is 25.8 cm³/mol. The number of hydrogen-bond donors (Lipinski definition) is 2. The Morgan fingerprint density at radius 2 is 2.18 bits per heavy atom. The molecule has 0 aromatic rings. The molecule has 0 spiro atoms. The van der Waals surface area contributed by atoms with Crippen molar-refractivity contribution in [2.45, 2.75) is 6.18 Å². The van der Waals surface area contributed by atoms with Crippen LogP contribution in [0.25, 0.3) is 0 Å². The van der Waals surface area contributed by atoms with Gasteiger partial charge in [0.1, 0.15) is 0 Å². The maximum Gasteiger partial charge on any atom is 0.437 e.